The minimum atomic E-state index is 0.202. The van der Waals surface area contributed by atoms with Crippen LogP contribution in [0.2, 0.25) is 0 Å². The van der Waals surface area contributed by atoms with Gasteiger partial charge in [-0.1, -0.05) is 11.2 Å². The topological polar surface area (TPSA) is 88.5 Å². The SMILES string of the molecule is NCCCC(=O)N1CCN(Cc2nc(-c3cccs3)no2)CC1. The van der Waals surface area contributed by atoms with Crippen molar-refractivity contribution in [1.82, 2.24) is 19.9 Å². The molecule has 1 aliphatic heterocycles. The van der Waals surface area contributed by atoms with Gasteiger partial charge < -0.3 is 15.2 Å². The van der Waals surface area contributed by atoms with Crippen molar-refractivity contribution >= 4 is 17.2 Å². The Bertz CT molecular complexity index is 620. The zero-order chi connectivity index (χ0) is 16.1. The highest BCUT2D eigenvalue weighted by Crippen LogP contribution is 2.21. The molecule has 0 spiro atoms. The molecule has 0 aromatic carbocycles. The van der Waals surface area contributed by atoms with Crippen LogP contribution in [0.4, 0.5) is 0 Å². The minimum Gasteiger partial charge on any atom is -0.340 e. The van der Waals surface area contributed by atoms with E-state index in [2.05, 4.69) is 15.0 Å². The number of amides is 1. The van der Waals surface area contributed by atoms with Crippen LogP contribution in [0.15, 0.2) is 22.0 Å². The summed E-state index contributed by atoms with van der Waals surface area (Å²) in [5.74, 6) is 1.47. The first-order valence-electron chi connectivity index (χ1n) is 7.83. The molecule has 0 unspecified atom stereocenters. The first-order chi connectivity index (χ1) is 11.3. The van der Waals surface area contributed by atoms with E-state index < -0.39 is 0 Å². The number of rotatable bonds is 6. The number of piperazine rings is 1. The smallest absolute Gasteiger partial charge is 0.241 e. The zero-order valence-corrected chi connectivity index (χ0v) is 13.8. The molecule has 1 aliphatic rings. The van der Waals surface area contributed by atoms with Crippen molar-refractivity contribution in [3.63, 3.8) is 0 Å². The molecule has 0 bridgehead atoms. The van der Waals surface area contributed by atoms with Gasteiger partial charge >= 0.3 is 0 Å². The molecule has 3 rings (SSSR count). The molecule has 2 aromatic rings. The third kappa shape index (κ3) is 4.15. The number of nitrogens with zero attached hydrogens (tertiary/aromatic N) is 4. The van der Waals surface area contributed by atoms with Gasteiger partial charge in [0.25, 0.3) is 0 Å². The van der Waals surface area contributed by atoms with Crippen molar-refractivity contribution in [3.8, 4) is 10.7 Å². The Morgan fingerprint density at radius 2 is 2.17 bits per heavy atom. The predicted octanol–water partition coefficient (Wildman–Crippen LogP) is 1.18. The summed E-state index contributed by atoms with van der Waals surface area (Å²) in [6.07, 6.45) is 1.30. The second-order valence-corrected chi connectivity index (χ2v) is 6.49. The molecule has 0 radical (unpaired) electrons. The Hall–Kier alpha value is -1.77. The Morgan fingerprint density at radius 3 is 2.87 bits per heavy atom. The highest BCUT2D eigenvalue weighted by Gasteiger charge is 2.22. The maximum Gasteiger partial charge on any atom is 0.241 e. The van der Waals surface area contributed by atoms with Crippen molar-refractivity contribution in [2.75, 3.05) is 32.7 Å². The highest BCUT2D eigenvalue weighted by atomic mass is 32.1. The Kier molecular flexibility index (Phi) is 5.37. The Labute approximate surface area is 139 Å². The second-order valence-electron chi connectivity index (χ2n) is 5.54. The van der Waals surface area contributed by atoms with Gasteiger partial charge in [-0.15, -0.1) is 11.3 Å². The third-order valence-electron chi connectivity index (χ3n) is 3.89. The Morgan fingerprint density at radius 1 is 1.35 bits per heavy atom. The fraction of sp³-hybridized carbons (Fsp3) is 0.533. The van der Waals surface area contributed by atoms with E-state index in [1.165, 1.54) is 0 Å². The van der Waals surface area contributed by atoms with Crippen LogP contribution in [0.3, 0.4) is 0 Å². The van der Waals surface area contributed by atoms with E-state index in [9.17, 15) is 4.79 Å². The van der Waals surface area contributed by atoms with E-state index >= 15 is 0 Å². The molecule has 7 nitrogen and oxygen atoms in total. The summed E-state index contributed by atoms with van der Waals surface area (Å²) >= 11 is 1.59. The van der Waals surface area contributed by atoms with Crippen molar-refractivity contribution < 1.29 is 9.32 Å². The highest BCUT2D eigenvalue weighted by molar-refractivity contribution is 7.13. The number of aromatic nitrogens is 2. The van der Waals surface area contributed by atoms with Crippen LogP contribution in [-0.4, -0.2) is 58.6 Å². The number of carbonyl (C=O) groups excluding carboxylic acids is 1. The first-order valence-corrected chi connectivity index (χ1v) is 8.71. The summed E-state index contributed by atoms with van der Waals surface area (Å²) < 4.78 is 5.33. The van der Waals surface area contributed by atoms with Gasteiger partial charge in [-0.3, -0.25) is 9.69 Å². The van der Waals surface area contributed by atoms with Gasteiger partial charge in [-0.25, -0.2) is 0 Å². The average Bonchev–Trinajstić information content (AvgIpc) is 3.24. The summed E-state index contributed by atoms with van der Waals surface area (Å²) in [6, 6.07) is 3.95. The molecular formula is C15H21N5O2S. The summed E-state index contributed by atoms with van der Waals surface area (Å²) in [5.41, 5.74) is 5.45. The molecule has 3 heterocycles. The van der Waals surface area contributed by atoms with Gasteiger partial charge in [-0.2, -0.15) is 4.98 Å². The second kappa shape index (κ2) is 7.67. The molecule has 1 amide bonds. The molecule has 0 saturated carbocycles. The van der Waals surface area contributed by atoms with Crippen LogP contribution in [0.1, 0.15) is 18.7 Å². The molecule has 23 heavy (non-hydrogen) atoms. The predicted molar refractivity (Wildman–Crippen MR) is 87.8 cm³/mol. The zero-order valence-electron chi connectivity index (χ0n) is 13.0. The fourth-order valence-corrected chi connectivity index (χ4v) is 3.23. The molecule has 124 valence electrons. The molecular weight excluding hydrogens is 314 g/mol. The molecule has 0 atom stereocenters. The maximum atomic E-state index is 12.0. The van der Waals surface area contributed by atoms with E-state index in [0.29, 0.717) is 31.2 Å². The molecule has 2 N–H and O–H groups in total. The van der Waals surface area contributed by atoms with E-state index in [1.807, 2.05) is 22.4 Å². The van der Waals surface area contributed by atoms with E-state index in [0.717, 1.165) is 37.5 Å². The first kappa shape index (κ1) is 16.1. The molecule has 1 saturated heterocycles. The van der Waals surface area contributed by atoms with E-state index in [4.69, 9.17) is 10.3 Å². The normalized spacial score (nSPS) is 16.0. The number of thiophene rings is 1. The van der Waals surface area contributed by atoms with Crippen molar-refractivity contribution in [3.05, 3.63) is 23.4 Å². The van der Waals surface area contributed by atoms with E-state index in [1.54, 1.807) is 11.3 Å². The fourth-order valence-electron chi connectivity index (χ4n) is 2.58. The van der Waals surface area contributed by atoms with Crippen LogP contribution >= 0.6 is 11.3 Å². The van der Waals surface area contributed by atoms with Crippen LogP contribution in [0.5, 0.6) is 0 Å². The van der Waals surface area contributed by atoms with Crippen molar-refractivity contribution in [1.29, 1.82) is 0 Å². The lowest BCUT2D eigenvalue weighted by molar-refractivity contribution is -0.133. The van der Waals surface area contributed by atoms with Gasteiger partial charge in [0, 0.05) is 32.6 Å². The average molecular weight is 335 g/mol. The molecule has 1 fully saturated rings. The summed E-state index contributed by atoms with van der Waals surface area (Å²) in [4.78, 5) is 21.6. The lowest BCUT2D eigenvalue weighted by Crippen LogP contribution is -2.48. The lowest BCUT2D eigenvalue weighted by Gasteiger charge is -2.34. The summed E-state index contributed by atoms with van der Waals surface area (Å²) in [6.45, 7) is 4.33. The van der Waals surface area contributed by atoms with Crippen LogP contribution in [0.25, 0.3) is 10.7 Å². The maximum absolute atomic E-state index is 12.0. The van der Waals surface area contributed by atoms with Crippen molar-refractivity contribution in [2.24, 2.45) is 5.73 Å². The molecule has 2 aromatic heterocycles. The quantitative estimate of drug-likeness (QED) is 0.853. The minimum absolute atomic E-state index is 0.202. The largest absolute Gasteiger partial charge is 0.340 e. The van der Waals surface area contributed by atoms with Crippen LogP contribution in [0, 0.1) is 0 Å². The molecule has 8 heteroatoms. The van der Waals surface area contributed by atoms with Gasteiger partial charge in [0.2, 0.25) is 17.6 Å². The van der Waals surface area contributed by atoms with Gasteiger partial charge in [0.1, 0.15) is 0 Å². The third-order valence-corrected chi connectivity index (χ3v) is 4.75. The summed E-state index contributed by atoms with van der Waals surface area (Å²) in [5, 5.41) is 6.01. The standard InChI is InChI=1S/C15H21N5O2S/c16-5-1-4-14(21)20-8-6-19(7-9-20)11-13-17-15(18-22-13)12-3-2-10-23-12/h2-3,10H,1,4-9,11,16H2. The van der Waals surface area contributed by atoms with Gasteiger partial charge in [-0.05, 0) is 24.4 Å². The number of hydrogen-bond donors (Lipinski definition) is 1. The van der Waals surface area contributed by atoms with E-state index in [-0.39, 0.29) is 5.91 Å². The van der Waals surface area contributed by atoms with Crippen LogP contribution < -0.4 is 5.73 Å². The van der Waals surface area contributed by atoms with Crippen LogP contribution in [-0.2, 0) is 11.3 Å². The number of nitrogens with two attached hydrogens (primary N) is 1. The Balaban J connectivity index is 1.48. The van der Waals surface area contributed by atoms with Crippen molar-refractivity contribution in [2.45, 2.75) is 19.4 Å². The van der Waals surface area contributed by atoms with Gasteiger partial charge in [0.05, 0.1) is 11.4 Å². The van der Waals surface area contributed by atoms with Gasteiger partial charge in [0.15, 0.2) is 0 Å². The molecule has 0 aliphatic carbocycles. The monoisotopic (exact) mass is 335 g/mol. The number of hydrogen-bond acceptors (Lipinski definition) is 7. The summed E-state index contributed by atoms with van der Waals surface area (Å²) in [7, 11) is 0. The number of carbonyl (C=O) groups is 1. The lowest BCUT2D eigenvalue weighted by atomic mass is 10.2.